The lowest BCUT2D eigenvalue weighted by molar-refractivity contribution is 0.0587. The molecule has 0 bridgehead atoms. The third-order valence-electron chi connectivity index (χ3n) is 3.56. The molecular weight excluding hydrogens is 297 g/mol. The molecule has 1 aromatic carbocycles. The molecule has 0 saturated carbocycles. The molecule has 1 aliphatic rings. The van der Waals surface area contributed by atoms with Crippen molar-refractivity contribution in [3.63, 3.8) is 0 Å². The van der Waals surface area contributed by atoms with Crippen molar-refractivity contribution in [3.8, 4) is 0 Å². The van der Waals surface area contributed by atoms with E-state index in [1.54, 1.807) is 6.07 Å². The Bertz CT molecular complexity index is 463. The molecule has 0 N–H and O–H groups in total. The molecule has 1 heterocycles. The molecule has 18 heavy (non-hydrogen) atoms. The van der Waals surface area contributed by atoms with Gasteiger partial charge in [-0.1, -0.05) is 6.92 Å². The first kappa shape index (κ1) is 13.5. The quantitative estimate of drug-likeness (QED) is 0.771. The van der Waals surface area contributed by atoms with Crippen molar-refractivity contribution >= 4 is 21.8 Å². The van der Waals surface area contributed by atoms with Crippen LogP contribution in [0.5, 0.6) is 0 Å². The Hall–Kier alpha value is -0.900. The minimum Gasteiger partial charge on any atom is -0.336 e. The van der Waals surface area contributed by atoms with Crippen LogP contribution in [0.15, 0.2) is 22.7 Å². The van der Waals surface area contributed by atoms with Crippen molar-refractivity contribution in [1.82, 2.24) is 4.90 Å². The van der Waals surface area contributed by atoms with Crippen molar-refractivity contribution < 1.29 is 9.18 Å². The molecule has 1 aromatic rings. The van der Waals surface area contributed by atoms with Crippen molar-refractivity contribution in [2.45, 2.75) is 32.7 Å². The van der Waals surface area contributed by atoms with Gasteiger partial charge in [0.1, 0.15) is 5.82 Å². The first-order valence-corrected chi connectivity index (χ1v) is 7.04. The summed E-state index contributed by atoms with van der Waals surface area (Å²) >= 11 is 3.32. The Morgan fingerprint density at radius 1 is 1.44 bits per heavy atom. The maximum absolute atomic E-state index is 13.2. The summed E-state index contributed by atoms with van der Waals surface area (Å²) in [6.07, 6.45) is 2.03. The molecule has 0 aromatic heterocycles. The highest BCUT2D eigenvalue weighted by molar-refractivity contribution is 9.10. The second-order valence-electron chi connectivity index (χ2n) is 5.10. The highest BCUT2D eigenvalue weighted by Gasteiger charge is 2.28. The number of hydrogen-bond acceptors (Lipinski definition) is 1. The van der Waals surface area contributed by atoms with Gasteiger partial charge in [-0.2, -0.15) is 0 Å². The third kappa shape index (κ3) is 2.74. The monoisotopic (exact) mass is 313 g/mol. The number of benzene rings is 1. The van der Waals surface area contributed by atoms with Gasteiger partial charge >= 0.3 is 0 Å². The lowest BCUT2D eigenvalue weighted by atomic mass is 9.93. The van der Waals surface area contributed by atoms with Crippen LogP contribution in [0, 0.1) is 11.7 Å². The molecule has 1 saturated heterocycles. The zero-order chi connectivity index (χ0) is 13.3. The number of carbonyl (C=O) groups is 1. The van der Waals surface area contributed by atoms with E-state index in [1.807, 2.05) is 4.90 Å². The number of hydrogen-bond donors (Lipinski definition) is 0. The Morgan fingerprint density at radius 2 is 2.17 bits per heavy atom. The summed E-state index contributed by atoms with van der Waals surface area (Å²) in [5, 5.41) is 0. The Morgan fingerprint density at radius 3 is 2.83 bits per heavy atom. The minimum absolute atomic E-state index is 0.0826. The van der Waals surface area contributed by atoms with Gasteiger partial charge in [0.15, 0.2) is 0 Å². The van der Waals surface area contributed by atoms with E-state index < -0.39 is 0 Å². The summed E-state index contributed by atoms with van der Waals surface area (Å²) < 4.78 is 13.9. The minimum atomic E-state index is -0.375. The average Bonchev–Trinajstić information content (AvgIpc) is 2.31. The maximum Gasteiger partial charge on any atom is 0.255 e. The largest absolute Gasteiger partial charge is 0.336 e. The molecule has 2 nitrogen and oxygen atoms in total. The van der Waals surface area contributed by atoms with Crippen LogP contribution in [0.25, 0.3) is 0 Å². The van der Waals surface area contributed by atoms with Gasteiger partial charge in [0.25, 0.3) is 5.91 Å². The van der Waals surface area contributed by atoms with Crippen LogP contribution in [0.3, 0.4) is 0 Å². The summed E-state index contributed by atoms with van der Waals surface area (Å²) in [6.45, 7) is 5.02. The van der Waals surface area contributed by atoms with Crippen LogP contribution in [0.1, 0.15) is 37.0 Å². The molecule has 1 amide bonds. The zero-order valence-electron chi connectivity index (χ0n) is 10.6. The zero-order valence-corrected chi connectivity index (χ0v) is 12.2. The van der Waals surface area contributed by atoms with Gasteiger partial charge in [0.05, 0.1) is 5.56 Å². The molecule has 0 radical (unpaired) electrons. The van der Waals surface area contributed by atoms with Crippen LogP contribution in [0.4, 0.5) is 4.39 Å². The molecule has 4 heteroatoms. The molecule has 2 unspecified atom stereocenters. The lowest BCUT2D eigenvalue weighted by Gasteiger charge is -2.36. The number of nitrogens with zero attached hydrogens (tertiary/aromatic N) is 1. The summed E-state index contributed by atoms with van der Waals surface area (Å²) in [5.41, 5.74) is 0.413. The standard InChI is InChI=1S/C14H17BrFNO/c1-9-5-6-17(10(2)7-9)14(18)12-8-11(16)3-4-13(12)15/h3-4,8-10H,5-7H2,1-2H3. The van der Waals surface area contributed by atoms with Gasteiger partial charge in [-0.05, 0) is 59.8 Å². The number of carbonyl (C=O) groups excluding carboxylic acids is 1. The van der Waals surface area contributed by atoms with Crippen molar-refractivity contribution in [1.29, 1.82) is 0 Å². The van der Waals surface area contributed by atoms with E-state index in [0.29, 0.717) is 16.0 Å². The number of likely N-dealkylation sites (tertiary alicyclic amines) is 1. The van der Waals surface area contributed by atoms with E-state index in [9.17, 15) is 9.18 Å². The van der Waals surface area contributed by atoms with E-state index in [0.717, 1.165) is 19.4 Å². The highest BCUT2D eigenvalue weighted by atomic mass is 79.9. The Kier molecular flexibility index (Phi) is 4.05. The van der Waals surface area contributed by atoms with E-state index >= 15 is 0 Å². The number of halogens is 2. The Balaban J connectivity index is 2.23. The molecule has 0 aliphatic carbocycles. The summed E-state index contributed by atoms with van der Waals surface area (Å²) in [6, 6.07) is 4.45. The van der Waals surface area contributed by atoms with Crippen molar-refractivity contribution in [2.75, 3.05) is 6.54 Å². The smallest absolute Gasteiger partial charge is 0.255 e. The molecule has 2 atom stereocenters. The predicted octanol–water partition coefficient (Wildman–Crippen LogP) is 3.85. The lowest BCUT2D eigenvalue weighted by Crippen LogP contribution is -2.44. The van der Waals surface area contributed by atoms with Crippen LogP contribution >= 0.6 is 15.9 Å². The summed E-state index contributed by atoms with van der Waals surface area (Å²) in [5.74, 6) is 0.195. The van der Waals surface area contributed by atoms with Gasteiger partial charge < -0.3 is 4.90 Å². The molecular formula is C14H17BrFNO. The normalized spacial score (nSPS) is 24.1. The van der Waals surface area contributed by atoms with E-state index in [2.05, 4.69) is 29.8 Å². The van der Waals surface area contributed by atoms with Gasteiger partial charge in [-0.15, -0.1) is 0 Å². The van der Waals surface area contributed by atoms with Crippen LogP contribution in [0.2, 0.25) is 0 Å². The first-order chi connectivity index (χ1) is 8.49. The van der Waals surface area contributed by atoms with Crippen LogP contribution < -0.4 is 0 Å². The number of amides is 1. The number of piperidine rings is 1. The van der Waals surface area contributed by atoms with Gasteiger partial charge in [-0.3, -0.25) is 4.79 Å². The van der Waals surface area contributed by atoms with Crippen molar-refractivity contribution in [2.24, 2.45) is 5.92 Å². The van der Waals surface area contributed by atoms with Gasteiger partial charge in [0, 0.05) is 17.1 Å². The second kappa shape index (κ2) is 5.39. The number of rotatable bonds is 1. The van der Waals surface area contributed by atoms with Gasteiger partial charge in [-0.25, -0.2) is 4.39 Å². The fraction of sp³-hybridized carbons (Fsp3) is 0.500. The second-order valence-corrected chi connectivity index (χ2v) is 5.96. The third-order valence-corrected chi connectivity index (χ3v) is 4.25. The van der Waals surface area contributed by atoms with Gasteiger partial charge in [0.2, 0.25) is 0 Å². The molecule has 1 fully saturated rings. The first-order valence-electron chi connectivity index (χ1n) is 6.25. The summed E-state index contributed by atoms with van der Waals surface area (Å²) in [4.78, 5) is 14.3. The highest BCUT2D eigenvalue weighted by Crippen LogP contribution is 2.26. The molecule has 0 spiro atoms. The van der Waals surface area contributed by atoms with Crippen LogP contribution in [-0.4, -0.2) is 23.4 Å². The molecule has 2 rings (SSSR count). The van der Waals surface area contributed by atoms with Crippen LogP contribution in [-0.2, 0) is 0 Å². The molecule has 98 valence electrons. The van der Waals surface area contributed by atoms with Crippen molar-refractivity contribution in [3.05, 3.63) is 34.1 Å². The topological polar surface area (TPSA) is 20.3 Å². The fourth-order valence-electron chi connectivity index (χ4n) is 2.53. The maximum atomic E-state index is 13.2. The summed E-state index contributed by atoms with van der Waals surface area (Å²) in [7, 11) is 0. The van der Waals surface area contributed by atoms with E-state index in [1.165, 1.54) is 12.1 Å². The predicted molar refractivity (Wildman–Crippen MR) is 73.0 cm³/mol. The average molecular weight is 314 g/mol. The Labute approximate surface area is 115 Å². The molecule has 1 aliphatic heterocycles. The van der Waals surface area contributed by atoms with E-state index in [-0.39, 0.29) is 17.8 Å². The SMILES string of the molecule is CC1CCN(C(=O)c2cc(F)ccc2Br)C(C)C1. The fourth-order valence-corrected chi connectivity index (χ4v) is 2.94. The van der Waals surface area contributed by atoms with E-state index in [4.69, 9.17) is 0 Å².